The van der Waals surface area contributed by atoms with Crippen LogP contribution >= 0.6 is 15.9 Å². The van der Waals surface area contributed by atoms with E-state index in [2.05, 4.69) is 40.1 Å². The molecule has 0 unspecified atom stereocenters. The number of benzene rings is 3. The van der Waals surface area contributed by atoms with Gasteiger partial charge in [-0.1, -0.05) is 32.0 Å². The summed E-state index contributed by atoms with van der Waals surface area (Å²) < 4.78 is 55.2. The second kappa shape index (κ2) is 8.17. The summed E-state index contributed by atoms with van der Waals surface area (Å²) in [7, 11) is 0. The zero-order valence-corrected chi connectivity index (χ0v) is 19.5. The number of nitrogens with zero attached hydrogens (tertiary/aromatic N) is 1. The second-order valence-electron chi connectivity index (χ2n) is 8.52. The van der Waals surface area contributed by atoms with Crippen molar-refractivity contribution < 1.29 is 17.6 Å². The van der Waals surface area contributed by atoms with E-state index in [1.807, 2.05) is 18.2 Å². The van der Waals surface area contributed by atoms with Crippen LogP contribution in [0.25, 0.3) is 11.1 Å². The molecule has 3 aromatic carbocycles. The number of thiol groups is 1. The van der Waals surface area contributed by atoms with Gasteiger partial charge in [-0.2, -0.15) is 17.5 Å². The second-order valence-corrected chi connectivity index (χ2v) is 10.6. The summed E-state index contributed by atoms with van der Waals surface area (Å²) in [6.45, 7) is 5.19. The zero-order valence-electron chi connectivity index (χ0n) is 17.0. The molecule has 0 fully saturated rings. The summed E-state index contributed by atoms with van der Waals surface area (Å²) in [5, 5.41) is 0. The van der Waals surface area contributed by atoms with Crippen LogP contribution in [-0.4, -0.2) is 6.54 Å². The van der Waals surface area contributed by atoms with Gasteiger partial charge >= 0.3 is 6.18 Å². The molecular weight excluding hydrogens is 490 g/mol. The molecule has 0 radical (unpaired) electrons. The predicted molar refractivity (Wildman–Crippen MR) is 123 cm³/mol. The first kappa shape index (κ1) is 22.2. The summed E-state index contributed by atoms with van der Waals surface area (Å²) in [5.74, 6) is -0.292. The van der Waals surface area contributed by atoms with Gasteiger partial charge in [-0.05, 0) is 80.9 Å². The van der Waals surface area contributed by atoms with E-state index in [-0.39, 0.29) is 11.2 Å². The fraction of sp³-hybridized carbons (Fsp3) is 0.250. The fourth-order valence-electron chi connectivity index (χ4n) is 3.85. The highest BCUT2D eigenvalue weighted by molar-refractivity contribution is 9.10. The molecule has 0 amide bonds. The quantitative estimate of drug-likeness (QED) is 0.201. The van der Waals surface area contributed by atoms with Gasteiger partial charge < -0.3 is 0 Å². The average Bonchev–Trinajstić information content (AvgIpc) is 2.69. The van der Waals surface area contributed by atoms with Crippen molar-refractivity contribution in [2.24, 2.45) is 5.41 Å². The predicted octanol–water partition coefficient (Wildman–Crippen LogP) is 7.45. The number of halogens is 5. The molecule has 1 aliphatic heterocycles. The molecule has 0 saturated carbocycles. The van der Waals surface area contributed by atoms with Crippen molar-refractivity contribution in [1.29, 1.82) is 0 Å². The minimum Gasteiger partial charge on any atom is -0.206 e. The SMILES string of the molecule is CC1(C)Cc2cc(-c3ccc(C(F)(F)F)cc3)ccc2N([SH+]c2ccc(Br)c(F)c2)C1. The highest BCUT2D eigenvalue weighted by Gasteiger charge is 2.35. The number of fused-ring (bicyclic) bond motifs is 1. The third kappa shape index (κ3) is 4.93. The summed E-state index contributed by atoms with van der Waals surface area (Å²) in [5.41, 5.74) is 3.20. The van der Waals surface area contributed by atoms with Crippen molar-refractivity contribution in [3.8, 4) is 11.1 Å². The normalized spacial score (nSPS) is 15.6. The van der Waals surface area contributed by atoms with Crippen molar-refractivity contribution in [3.05, 3.63) is 82.1 Å². The van der Waals surface area contributed by atoms with Crippen molar-refractivity contribution in [2.75, 3.05) is 10.8 Å². The Labute approximate surface area is 191 Å². The Balaban J connectivity index is 1.66. The molecule has 31 heavy (non-hydrogen) atoms. The lowest BCUT2D eigenvalue weighted by atomic mass is 9.81. The third-order valence-corrected chi connectivity index (χ3v) is 7.04. The average molecular weight is 511 g/mol. The Morgan fingerprint density at radius 3 is 2.26 bits per heavy atom. The summed E-state index contributed by atoms with van der Waals surface area (Å²) >= 11 is 4.07. The van der Waals surface area contributed by atoms with Crippen LogP contribution in [0.2, 0.25) is 0 Å². The van der Waals surface area contributed by atoms with Gasteiger partial charge in [-0.3, -0.25) is 0 Å². The number of hydrogen-bond donors (Lipinski definition) is 0. The highest BCUT2D eigenvalue weighted by atomic mass is 79.9. The van der Waals surface area contributed by atoms with E-state index in [9.17, 15) is 17.6 Å². The van der Waals surface area contributed by atoms with Crippen LogP contribution in [-0.2, 0) is 24.5 Å². The van der Waals surface area contributed by atoms with Gasteiger partial charge in [0, 0.05) is 6.07 Å². The fourth-order valence-corrected chi connectivity index (χ4v) is 5.44. The molecule has 0 aromatic heterocycles. The van der Waals surface area contributed by atoms with Gasteiger partial charge in [0.15, 0.2) is 4.90 Å². The molecule has 0 saturated heterocycles. The van der Waals surface area contributed by atoms with Crippen molar-refractivity contribution in [1.82, 2.24) is 0 Å². The monoisotopic (exact) mass is 510 g/mol. The van der Waals surface area contributed by atoms with E-state index in [1.165, 1.54) is 18.2 Å². The maximum atomic E-state index is 14.0. The smallest absolute Gasteiger partial charge is 0.206 e. The minimum atomic E-state index is -4.34. The number of anilines is 1. The first-order chi connectivity index (χ1) is 14.5. The van der Waals surface area contributed by atoms with Gasteiger partial charge in [-0.25, -0.2) is 4.39 Å². The van der Waals surface area contributed by atoms with Crippen LogP contribution in [0.3, 0.4) is 0 Å². The molecule has 162 valence electrons. The van der Waals surface area contributed by atoms with E-state index in [1.54, 1.807) is 6.07 Å². The molecule has 7 heteroatoms. The van der Waals surface area contributed by atoms with Crippen LogP contribution in [0.1, 0.15) is 25.0 Å². The molecule has 0 bridgehead atoms. The van der Waals surface area contributed by atoms with E-state index >= 15 is 0 Å². The molecule has 4 rings (SSSR count). The number of alkyl halides is 3. The van der Waals surface area contributed by atoms with Crippen LogP contribution in [0.4, 0.5) is 23.2 Å². The Hall–Kier alpha value is -1.99. The third-order valence-electron chi connectivity index (χ3n) is 5.29. The van der Waals surface area contributed by atoms with Crippen molar-refractivity contribution in [2.45, 2.75) is 31.3 Å². The van der Waals surface area contributed by atoms with E-state index in [0.717, 1.165) is 64.3 Å². The molecule has 0 spiro atoms. The Bertz CT molecular complexity index is 1110. The lowest BCUT2D eigenvalue weighted by molar-refractivity contribution is -0.137. The van der Waals surface area contributed by atoms with Crippen molar-refractivity contribution in [3.63, 3.8) is 0 Å². The van der Waals surface area contributed by atoms with E-state index in [0.29, 0.717) is 4.47 Å². The molecule has 3 aromatic rings. The van der Waals surface area contributed by atoms with Gasteiger partial charge in [-0.15, -0.1) is 0 Å². The molecule has 0 atom stereocenters. The largest absolute Gasteiger partial charge is 0.416 e. The molecular formula is C24H21BrF4NS+. The molecule has 0 aliphatic carbocycles. The number of rotatable bonds is 3. The lowest BCUT2D eigenvalue weighted by Crippen LogP contribution is -2.39. The van der Waals surface area contributed by atoms with Crippen LogP contribution in [0, 0.1) is 11.2 Å². The van der Waals surface area contributed by atoms with E-state index < -0.39 is 11.7 Å². The molecule has 1 nitrogen and oxygen atoms in total. The Morgan fingerprint density at radius 2 is 1.61 bits per heavy atom. The van der Waals surface area contributed by atoms with Gasteiger partial charge in [0.25, 0.3) is 0 Å². The van der Waals surface area contributed by atoms with Crippen LogP contribution in [0.5, 0.6) is 0 Å². The van der Waals surface area contributed by atoms with Crippen LogP contribution in [0.15, 0.2) is 70.0 Å². The van der Waals surface area contributed by atoms with Gasteiger partial charge in [0.1, 0.15) is 17.8 Å². The minimum absolute atomic E-state index is 0.00662. The Kier molecular flexibility index (Phi) is 5.85. The molecule has 0 N–H and O–H groups in total. The van der Waals surface area contributed by atoms with Gasteiger partial charge in [0.05, 0.1) is 22.3 Å². The first-order valence-electron chi connectivity index (χ1n) is 9.77. The summed E-state index contributed by atoms with van der Waals surface area (Å²) in [6, 6.07) is 16.4. The van der Waals surface area contributed by atoms with E-state index in [4.69, 9.17) is 0 Å². The molecule has 1 heterocycles. The maximum absolute atomic E-state index is 14.0. The molecule has 1 aliphatic rings. The standard InChI is InChI=1S/C24H20BrF4NS/c1-23(2)13-17-11-16(15-3-6-18(7-4-15)24(27,28)29)5-10-22(17)30(14-23)31-19-8-9-20(25)21(26)12-19/h3-12H,13-14H2,1-2H3/p+1. The lowest BCUT2D eigenvalue weighted by Gasteiger charge is -2.36. The highest BCUT2D eigenvalue weighted by Crippen LogP contribution is 2.40. The zero-order chi connectivity index (χ0) is 22.4. The summed E-state index contributed by atoms with van der Waals surface area (Å²) in [6.07, 6.45) is -3.48. The Morgan fingerprint density at radius 1 is 0.935 bits per heavy atom. The van der Waals surface area contributed by atoms with Crippen molar-refractivity contribution >= 4 is 33.6 Å². The van der Waals surface area contributed by atoms with Gasteiger partial charge in [0.2, 0.25) is 0 Å². The number of hydrogen-bond acceptors (Lipinski definition) is 1. The first-order valence-corrected chi connectivity index (χ1v) is 11.4. The maximum Gasteiger partial charge on any atom is 0.416 e. The topological polar surface area (TPSA) is 3.24 Å². The van der Waals surface area contributed by atoms with Crippen LogP contribution < -0.4 is 4.31 Å². The summed E-state index contributed by atoms with van der Waals surface area (Å²) in [4.78, 5) is 0.858.